The number of alkyl halides is 3. The Balaban J connectivity index is 1.91. The smallest absolute Gasteiger partial charge is 0.455 e. The van der Waals surface area contributed by atoms with Crippen molar-refractivity contribution in [2.75, 3.05) is 0 Å². The Morgan fingerprint density at radius 1 is 0.684 bits per heavy atom. The van der Waals surface area contributed by atoms with E-state index < -0.39 is 21.4 Å². The topological polar surface area (TPSA) is 56.5 Å². The molecule has 0 aliphatic rings. The molecule has 0 N–H and O–H groups in total. The minimum atomic E-state index is -5.96. The van der Waals surface area contributed by atoms with Crippen LogP contribution in [0, 0.1) is 0 Å². The van der Waals surface area contributed by atoms with E-state index in [1.807, 2.05) is 0 Å². The molecule has 1 heterocycles. The van der Waals surface area contributed by atoms with Crippen LogP contribution < -0.4 is 42.4 Å². The molecular weight excluding hydrogens is 505 g/mol. The Bertz CT molecular complexity index is 1930. The van der Waals surface area contributed by atoms with E-state index in [0.717, 1.165) is 6.07 Å². The third kappa shape index (κ3) is 3.73. The van der Waals surface area contributed by atoms with Crippen LogP contribution in [-0.2, 0) is 10.1 Å². The summed E-state index contributed by atoms with van der Waals surface area (Å²) in [5.74, 6) is -0.592. The number of benzene rings is 4. The van der Waals surface area contributed by atoms with Crippen molar-refractivity contribution >= 4 is 136 Å². The van der Waals surface area contributed by atoms with Gasteiger partial charge in [-0.2, -0.15) is 21.6 Å². The first-order valence-corrected chi connectivity index (χ1v) is 12.1. The monoisotopic (exact) mass is 512 g/mol. The van der Waals surface area contributed by atoms with E-state index in [1.54, 1.807) is 12.1 Å². The predicted molar refractivity (Wildman–Crippen MR) is 150 cm³/mol. The average molecular weight is 511 g/mol. The van der Waals surface area contributed by atoms with Crippen LogP contribution in [0.15, 0.2) is 40.8 Å². The molecule has 1 aromatic heterocycles. The van der Waals surface area contributed by atoms with Gasteiger partial charge >= 0.3 is 15.6 Å². The van der Waals surface area contributed by atoms with E-state index in [0.29, 0.717) is 0 Å². The minimum Gasteiger partial charge on any atom is -0.455 e. The molecule has 5 aromatic rings. The van der Waals surface area contributed by atoms with E-state index in [9.17, 15) is 21.6 Å². The molecule has 0 fully saturated rings. The first-order valence-electron chi connectivity index (χ1n) is 10.6. The third-order valence-electron chi connectivity index (χ3n) is 6.26. The Hall–Kier alpha value is -3.07. The molecule has 38 heavy (non-hydrogen) atoms. The molecule has 0 amide bonds. The highest BCUT2D eigenvalue weighted by atomic mass is 32.2. The maximum atomic E-state index is 13.0. The van der Waals surface area contributed by atoms with Gasteiger partial charge in [0.05, 0.1) is 5.39 Å². The summed E-state index contributed by atoms with van der Waals surface area (Å²) in [4.78, 5) is 0. The molecule has 4 aromatic carbocycles. The molecule has 14 radical (unpaired) electrons. The van der Waals surface area contributed by atoms with Gasteiger partial charge in [0.2, 0.25) is 0 Å². The first kappa shape index (κ1) is 26.5. The van der Waals surface area contributed by atoms with Gasteiger partial charge in [-0.05, 0) is 28.5 Å². The van der Waals surface area contributed by atoms with E-state index in [-0.39, 0.29) is 82.1 Å². The highest BCUT2D eigenvalue weighted by Crippen LogP contribution is 2.41. The molecule has 0 saturated heterocycles. The van der Waals surface area contributed by atoms with Gasteiger partial charge in [0.15, 0.2) is 5.75 Å². The van der Waals surface area contributed by atoms with Crippen LogP contribution in [0.25, 0.3) is 43.8 Å². The van der Waals surface area contributed by atoms with Crippen LogP contribution >= 0.6 is 0 Å². The van der Waals surface area contributed by atoms with Gasteiger partial charge < -0.3 is 8.60 Å². The van der Waals surface area contributed by atoms with E-state index in [2.05, 4.69) is 4.18 Å². The Labute approximate surface area is 224 Å². The number of rotatable bonds is 3. The number of halogens is 3. The number of furan rings is 1. The van der Waals surface area contributed by atoms with Crippen LogP contribution in [-0.4, -0.2) is 68.9 Å². The molecule has 0 aliphatic heterocycles. The fourth-order valence-corrected chi connectivity index (χ4v) is 4.91. The number of para-hydroxylation sites is 1. The second-order valence-electron chi connectivity index (χ2n) is 8.42. The van der Waals surface area contributed by atoms with Crippen LogP contribution in [0.4, 0.5) is 13.2 Å². The van der Waals surface area contributed by atoms with Crippen molar-refractivity contribution in [2.45, 2.75) is 5.51 Å². The maximum Gasteiger partial charge on any atom is 0.534 e. The second-order valence-corrected chi connectivity index (χ2v) is 9.96. The Kier molecular flexibility index (Phi) is 6.10. The van der Waals surface area contributed by atoms with Gasteiger partial charge in [-0.15, -0.1) is 16.4 Å². The molecule has 0 aliphatic carbocycles. The van der Waals surface area contributed by atoms with Gasteiger partial charge in [-0.3, -0.25) is 0 Å². The fourth-order valence-electron chi connectivity index (χ4n) is 4.44. The molecule has 170 valence electrons. The van der Waals surface area contributed by atoms with Crippen molar-refractivity contribution in [3.63, 3.8) is 0 Å². The molecule has 4 nitrogen and oxygen atoms in total. The SMILES string of the molecule is [B]c1c([B])c([B])c2c(-c3cccc4c3oc3cccc(OS(=O)(=O)C(F)(F)F)c34)c([B])c([B])c([B])c2c1[B]. The van der Waals surface area contributed by atoms with Gasteiger partial charge in [-0.1, -0.05) is 46.1 Å². The van der Waals surface area contributed by atoms with Crippen molar-refractivity contribution in [3.05, 3.63) is 36.4 Å². The Morgan fingerprint density at radius 3 is 1.84 bits per heavy atom. The normalized spacial score (nSPS) is 12.5. The highest BCUT2D eigenvalue weighted by molar-refractivity contribution is 7.88. The lowest BCUT2D eigenvalue weighted by atomic mass is 9.58. The lowest BCUT2D eigenvalue weighted by Gasteiger charge is -2.25. The number of hydrogen-bond donors (Lipinski definition) is 0. The molecule has 0 spiro atoms. The third-order valence-corrected chi connectivity index (χ3v) is 7.23. The van der Waals surface area contributed by atoms with Crippen molar-refractivity contribution in [1.82, 2.24) is 0 Å². The van der Waals surface area contributed by atoms with E-state index in [4.69, 9.17) is 59.3 Å². The fraction of sp³-hybridized carbons (Fsp3) is 0.0435. The van der Waals surface area contributed by atoms with Gasteiger partial charge in [0.1, 0.15) is 66.1 Å². The van der Waals surface area contributed by atoms with Gasteiger partial charge in [0.25, 0.3) is 0 Å². The first-order chi connectivity index (χ1) is 17.7. The predicted octanol–water partition coefficient (Wildman–Crippen LogP) is -1.81. The zero-order valence-corrected chi connectivity index (χ0v) is 20.0. The maximum absolute atomic E-state index is 13.0. The lowest BCUT2D eigenvalue weighted by molar-refractivity contribution is -0.0499. The molecule has 0 saturated carbocycles. The number of hydrogen-bond acceptors (Lipinski definition) is 4. The van der Waals surface area contributed by atoms with Crippen molar-refractivity contribution in [2.24, 2.45) is 0 Å². The molecule has 15 heteroatoms. The molecular formula is C23H6B7F3O4S. The lowest BCUT2D eigenvalue weighted by Crippen LogP contribution is -2.52. The molecule has 0 unspecified atom stereocenters. The van der Waals surface area contributed by atoms with Crippen molar-refractivity contribution in [3.8, 4) is 16.9 Å². The summed E-state index contributed by atoms with van der Waals surface area (Å²) in [7, 11) is 37.5. The zero-order chi connectivity index (χ0) is 27.9. The quantitative estimate of drug-likeness (QED) is 0.163. The van der Waals surface area contributed by atoms with Gasteiger partial charge in [0, 0.05) is 10.9 Å². The summed E-state index contributed by atoms with van der Waals surface area (Å²) in [6, 6.07) is 8.40. The summed E-state index contributed by atoms with van der Waals surface area (Å²) in [5, 5.41) is 0.606. The van der Waals surface area contributed by atoms with E-state index in [1.165, 1.54) is 18.2 Å². The summed E-state index contributed by atoms with van der Waals surface area (Å²) in [6.07, 6.45) is 0. The van der Waals surface area contributed by atoms with Crippen LogP contribution in [0.5, 0.6) is 5.75 Å². The van der Waals surface area contributed by atoms with Crippen LogP contribution in [0.1, 0.15) is 0 Å². The minimum absolute atomic E-state index is 0.00523. The summed E-state index contributed by atoms with van der Waals surface area (Å²) in [6.45, 7) is 0. The van der Waals surface area contributed by atoms with Crippen LogP contribution in [0.3, 0.4) is 0 Å². The highest BCUT2D eigenvalue weighted by Gasteiger charge is 2.48. The molecule has 0 bridgehead atoms. The van der Waals surface area contributed by atoms with Crippen molar-refractivity contribution < 1.29 is 30.2 Å². The summed E-state index contributed by atoms with van der Waals surface area (Å²) in [5.41, 5.74) is -5.03. The van der Waals surface area contributed by atoms with Gasteiger partial charge in [-0.25, -0.2) is 0 Å². The molecule has 0 atom stereocenters. The Morgan fingerprint density at radius 2 is 1.24 bits per heavy atom. The second kappa shape index (κ2) is 8.73. The number of fused-ring (bicyclic) bond motifs is 4. The van der Waals surface area contributed by atoms with Crippen molar-refractivity contribution in [1.29, 1.82) is 0 Å². The zero-order valence-electron chi connectivity index (χ0n) is 19.2. The van der Waals surface area contributed by atoms with E-state index >= 15 is 0 Å². The average Bonchev–Trinajstić information content (AvgIpc) is 3.24. The summed E-state index contributed by atoms with van der Waals surface area (Å²) >= 11 is 0. The summed E-state index contributed by atoms with van der Waals surface area (Å²) < 4.78 is 73.0. The standard InChI is InChI=1S/C23H6B7F3O4S/c24-15-12(13-14(17(26)19(15)28)18(27)21(30)20(29)16(13)25)8-4-1-3-7-11-9(36-22(7)8)5-2-6-10(11)37-38(34,35)23(31,32)33/h1-6H. The van der Waals surface area contributed by atoms with Crippen LogP contribution in [0.2, 0.25) is 0 Å². The molecule has 5 rings (SSSR count). The largest absolute Gasteiger partial charge is 0.534 e.